The molecular formula is C78H53N5. The molecule has 0 amide bonds. The van der Waals surface area contributed by atoms with Gasteiger partial charge in [0.05, 0.1) is 16.7 Å². The Morgan fingerprint density at radius 3 is 1.35 bits per heavy atom. The van der Waals surface area contributed by atoms with E-state index in [1.54, 1.807) is 0 Å². The zero-order valence-electron chi connectivity index (χ0n) is 45.9. The molecule has 16 rings (SSSR count). The Morgan fingerprint density at radius 2 is 0.771 bits per heavy atom. The number of aromatic nitrogens is 4. The molecule has 390 valence electrons. The summed E-state index contributed by atoms with van der Waals surface area (Å²) in [4.78, 5) is 18.4. The second kappa shape index (κ2) is 19.2. The van der Waals surface area contributed by atoms with E-state index in [0.29, 0.717) is 17.6 Å². The molecule has 5 heteroatoms. The molecule has 15 aromatic rings. The molecular weight excluding hydrogens is 1010 g/mol. The van der Waals surface area contributed by atoms with E-state index in [-0.39, 0.29) is 0 Å². The molecule has 0 spiro atoms. The number of benzene rings is 13. The number of para-hydroxylation sites is 1. The van der Waals surface area contributed by atoms with Gasteiger partial charge < -0.3 is 4.90 Å². The lowest BCUT2D eigenvalue weighted by atomic mass is 9.80. The highest BCUT2D eigenvalue weighted by Crippen LogP contribution is 2.55. The van der Waals surface area contributed by atoms with Gasteiger partial charge in [-0.05, 0) is 137 Å². The maximum absolute atomic E-state index is 5.45. The number of fused-ring (bicyclic) bond motifs is 13. The summed E-state index contributed by atoms with van der Waals surface area (Å²) in [6.07, 6.45) is 0. The topological polar surface area (TPSA) is 46.8 Å². The first kappa shape index (κ1) is 48.2. The van der Waals surface area contributed by atoms with Crippen molar-refractivity contribution in [3.8, 4) is 73.2 Å². The van der Waals surface area contributed by atoms with Crippen LogP contribution in [-0.2, 0) is 5.41 Å². The standard InChI is InChI=1S/C78H53N5/c1-78(2)70-49-67-63-33-18-16-31-61(63)60-30-15-17-32-62(60)66(67)48-68(70)64-44-45-65-69-47-56(39-46-72(69)83(74(65)73(64)78)77-80-75(54-25-11-5-12-26-54)79-76(81-77)55-27-13-6-14-28-55)52-37-42-58(43-38-52)82(57-40-35-51(36-41-57)50-21-7-3-8-22-50)71-34-20-19-29-59(71)53-23-9-4-10-24-53/h3-49H,1-2H3. The van der Waals surface area contributed by atoms with Gasteiger partial charge >= 0.3 is 0 Å². The number of hydrogen-bond donors (Lipinski definition) is 0. The number of nitrogens with zero attached hydrogens (tertiary/aromatic N) is 5. The van der Waals surface area contributed by atoms with E-state index in [4.69, 9.17) is 15.0 Å². The van der Waals surface area contributed by atoms with Crippen molar-refractivity contribution in [1.82, 2.24) is 19.5 Å². The van der Waals surface area contributed by atoms with E-state index < -0.39 is 5.41 Å². The summed E-state index contributed by atoms with van der Waals surface area (Å²) >= 11 is 0. The van der Waals surface area contributed by atoms with Gasteiger partial charge in [0.15, 0.2) is 11.6 Å². The highest BCUT2D eigenvalue weighted by atomic mass is 15.2. The van der Waals surface area contributed by atoms with E-state index in [1.165, 1.54) is 65.7 Å². The summed E-state index contributed by atoms with van der Waals surface area (Å²) in [5, 5.41) is 9.88. The van der Waals surface area contributed by atoms with Crippen molar-refractivity contribution in [2.45, 2.75) is 19.3 Å². The molecule has 0 radical (unpaired) electrons. The molecule has 13 aromatic carbocycles. The van der Waals surface area contributed by atoms with E-state index in [0.717, 1.165) is 72.2 Å². The number of hydrogen-bond acceptors (Lipinski definition) is 4. The number of rotatable bonds is 9. The first-order valence-corrected chi connectivity index (χ1v) is 28.5. The average Bonchev–Trinajstić information content (AvgIpc) is 2.17. The molecule has 5 nitrogen and oxygen atoms in total. The molecule has 2 heterocycles. The highest BCUT2D eigenvalue weighted by molar-refractivity contribution is 6.26. The normalized spacial score (nSPS) is 12.6. The first-order chi connectivity index (χ1) is 40.9. The molecule has 2 aromatic heterocycles. The van der Waals surface area contributed by atoms with E-state index in [9.17, 15) is 0 Å². The Morgan fingerprint density at radius 1 is 0.313 bits per heavy atom. The molecule has 0 aliphatic heterocycles. The highest BCUT2D eigenvalue weighted by Gasteiger charge is 2.40. The summed E-state index contributed by atoms with van der Waals surface area (Å²) < 4.78 is 2.33. The van der Waals surface area contributed by atoms with Gasteiger partial charge in [0.1, 0.15) is 0 Å². The molecule has 0 fully saturated rings. The minimum Gasteiger partial charge on any atom is -0.310 e. The summed E-state index contributed by atoms with van der Waals surface area (Å²) in [6, 6.07) is 103. The molecule has 0 saturated carbocycles. The summed E-state index contributed by atoms with van der Waals surface area (Å²) in [6.45, 7) is 4.80. The van der Waals surface area contributed by atoms with Crippen LogP contribution < -0.4 is 4.90 Å². The largest absolute Gasteiger partial charge is 0.310 e. The maximum Gasteiger partial charge on any atom is 0.238 e. The molecule has 83 heavy (non-hydrogen) atoms. The zero-order chi connectivity index (χ0) is 55.2. The van der Waals surface area contributed by atoms with Crippen molar-refractivity contribution < 1.29 is 0 Å². The van der Waals surface area contributed by atoms with Crippen LogP contribution in [0.5, 0.6) is 0 Å². The first-order valence-electron chi connectivity index (χ1n) is 28.5. The van der Waals surface area contributed by atoms with Crippen LogP contribution in [0.4, 0.5) is 17.1 Å². The van der Waals surface area contributed by atoms with Gasteiger partial charge in [-0.2, -0.15) is 9.97 Å². The van der Waals surface area contributed by atoms with Crippen LogP contribution in [-0.4, -0.2) is 19.5 Å². The molecule has 1 aliphatic carbocycles. The minimum absolute atomic E-state index is 0.416. The minimum atomic E-state index is -0.416. The fraction of sp³-hybridized carbons (Fsp3) is 0.0385. The third kappa shape index (κ3) is 7.88. The predicted octanol–water partition coefficient (Wildman–Crippen LogP) is 20.5. The van der Waals surface area contributed by atoms with Crippen LogP contribution in [0.1, 0.15) is 25.0 Å². The van der Waals surface area contributed by atoms with E-state index in [2.05, 4.69) is 272 Å². The molecule has 0 atom stereocenters. The Balaban J connectivity index is 0.897. The predicted molar refractivity (Wildman–Crippen MR) is 346 cm³/mol. The zero-order valence-corrected chi connectivity index (χ0v) is 45.9. The fourth-order valence-electron chi connectivity index (χ4n) is 13.3. The van der Waals surface area contributed by atoms with Gasteiger partial charge in [-0.15, -0.1) is 0 Å². The van der Waals surface area contributed by atoms with Crippen LogP contribution in [0.3, 0.4) is 0 Å². The van der Waals surface area contributed by atoms with Crippen molar-refractivity contribution in [3.05, 3.63) is 296 Å². The van der Waals surface area contributed by atoms with E-state index in [1.807, 2.05) is 36.4 Å². The second-order valence-corrected chi connectivity index (χ2v) is 22.3. The second-order valence-electron chi connectivity index (χ2n) is 22.3. The van der Waals surface area contributed by atoms with Crippen molar-refractivity contribution in [2.75, 3.05) is 4.90 Å². The van der Waals surface area contributed by atoms with Crippen molar-refractivity contribution in [2.24, 2.45) is 0 Å². The molecule has 0 saturated heterocycles. The quantitative estimate of drug-likeness (QED) is 0.135. The summed E-state index contributed by atoms with van der Waals surface area (Å²) in [5.41, 5.74) is 18.8. The lowest BCUT2D eigenvalue weighted by molar-refractivity contribution is 0.664. The molecule has 1 aliphatic rings. The number of anilines is 3. The monoisotopic (exact) mass is 1060 g/mol. The lowest BCUT2D eigenvalue weighted by Gasteiger charge is -2.28. The Kier molecular flexibility index (Phi) is 11.2. The average molecular weight is 1060 g/mol. The van der Waals surface area contributed by atoms with Gasteiger partial charge in [-0.25, -0.2) is 4.98 Å². The van der Waals surface area contributed by atoms with Crippen molar-refractivity contribution >= 4 is 71.2 Å². The third-order valence-electron chi connectivity index (χ3n) is 17.2. The molecule has 0 bridgehead atoms. The Labute approximate surface area is 481 Å². The van der Waals surface area contributed by atoms with E-state index >= 15 is 0 Å². The van der Waals surface area contributed by atoms with Gasteiger partial charge in [0.2, 0.25) is 5.95 Å². The lowest BCUT2D eigenvalue weighted by Crippen LogP contribution is -2.17. The van der Waals surface area contributed by atoms with Gasteiger partial charge in [0.25, 0.3) is 0 Å². The smallest absolute Gasteiger partial charge is 0.238 e. The third-order valence-corrected chi connectivity index (χ3v) is 17.2. The Hall–Kier alpha value is -10.8. The SMILES string of the molecule is CC1(C)c2cc3c4ccccc4c4ccccc4c3cc2-c2ccc3c4cc(-c5ccc(N(c6ccc(-c7ccccc7)cc6)c6ccccc6-c6ccccc6)cc5)ccc4n(-c4nc(-c5ccccc5)nc(-c5ccccc5)n4)c3c21. The summed E-state index contributed by atoms with van der Waals surface area (Å²) in [7, 11) is 0. The van der Waals surface area contributed by atoms with Gasteiger partial charge in [-0.3, -0.25) is 4.57 Å². The molecule has 0 N–H and O–H groups in total. The van der Waals surface area contributed by atoms with Gasteiger partial charge in [0, 0.05) is 44.3 Å². The maximum atomic E-state index is 5.45. The Bertz CT molecular complexity index is 4960. The van der Waals surface area contributed by atoms with Crippen LogP contribution >= 0.6 is 0 Å². The van der Waals surface area contributed by atoms with Gasteiger partial charge in [-0.1, -0.05) is 244 Å². The summed E-state index contributed by atoms with van der Waals surface area (Å²) in [5.74, 6) is 1.81. The van der Waals surface area contributed by atoms with Crippen molar-refractivity contribution in [1.29, 1.82) is 0 Å². The molecule has 0 unspecified atom stereocenters. The van der Waals surface area contributed by atoms with Crippen LogP contribution in [0.15, 0.2) is 285 Å². The fourth-order valence-corrected chi connectivity index (χ4v) is 13.3. The van der Waals surface area contributed by atoms with Crippen LogP contribution in [0.2, 0.25) is 0 Å². The van der Waals surface area contributed by atoms with Crippen LogP contribution in [0.25, 0.3) is 127 Å². The van der Waals surface area contributed by atoms with Crippen LogP contribution in [0, 0.1) is 0 Å². The van der Waals surface area contributed by atoms with Crippen molar-refractivity contribution in [3.63, 3.8) is 0 Å².